The molecule has 1 unspecified atom stereocenters. The van der Waals surface area contributed by atoms with Crippen molar-refractivity contribution in [3.63, 3.8) is 0 Å². The highest BCUT2D eigenvalue weighted by molar-refractivity contribution is 8.05. The number of hydrogen-bond donors (Lipinski definition) is 4. The van der Waals surface area contributed by atoms with Crippen LogP contribution in [0.4, 0.5) is 36.3 Å². The molecule has 2 heterocycles. The van der Waals surface area contributed by atoms with Gasteiger partial charge in [-0.2, -0.15) is 18.2 Å². The van der Waals surface area contributed by atoms with Crippen LogP contribution in [0.15, 0.2) is 24.4 Å². The van der Waals surface area contributed by atoms with Gasteiger partial charge in [0.2, 0.25) is 5.95 Å². The minimum atomic E-state index is -4.70. The molecule has 0 bridgehead atoms. The van der Waals surface area contributed by atoms with Crippen LogP contribution < -0.4 is 16.0 Å². The van der Waals surface area contributed by atoms with Gasteiger partial charge in [-0.15, -0.1) is 0 Å². The van der Waals surface area contributed by atoms with Crippen molar-refractivity contribution in [3.05, 3.63) is 35.5 Å². The molecule has 0 radical (unpaired) electrons. The smallest absolute Gasteiger partial charge is 0.375 e. The van der Waals surface area contributed by atoms with Crippen LogP contribution in [0.5, 0.6) is 0 Å². The van der Waals surface area contributed by atoms with Crippen molar-refractivity contribution in [2.24, 2.45) is 5.92 Å². The molecular weight excluding hydrogens is 473 g/mol. The number of hydrogen-bond acceptors (Lipinski definition) is 9. The number of fused-ring (bicyclic) bond motifs is 1. The number of carbonyl (C=O) groups excluding carboxylic acids is 1. The fourth-order valence-electron chi connectivity index (χ4n) is 3.65. The molecule has 0 saturated carbocycles. The van der Waals surface area contributed by atoms with Crippen molar-refractivity contribution < 1.29 is 26.4 Å². The van der Waals surface area contributed by atoms with E-state index in [0.717, 1.165) is 23.8 Å². The Hall–Kier alpha value is -3.22. The maximum absolute atomic E-state index is 13.5. The summed E-state index contributed by atoms with van der Waals surface area (Å²) in [7, 11) is -3.68. The second-order valence-corrected chi connectivity index (χ2v) is 9.98. The zero-order chi connectivity index (χ0) is 25.1. The number of rotatable bonds is 9. The van der Waals surface area contributed by atoms with Gasteiger partial charge in [0.15, 0.2) is 9.84 Å². The third kappa shape index (κ3) is 6.01. The molecule has 3 rings (SSSR count). The van der Waals surface area contributed by atoms with E-state index in [1.165, 1.54) is 0 Å². The molecule has 0 spiro atoms. The van der Waals surface area contributed by atoms with Gasteiger partial charge in [0.1, 0.15) is 22.7 Å². The average molecular weight is 499 g/mol. The maximum atomic E-state index is 13.5. The summed E-state index contributed by atoms with van der Waals surface area (Å²) < 4.78 is 63.7. The minimum Gasteiger partial charge on any atom is -0.375 e. The van der Waals surface area contributed by atoms with Crippen LogP contribution in [0, 0.1) is 11.3 Å². The van der Waals surface area contributed by atoms with Crippen molar-refractivity contribution >= 4 is 44.3 Å². The number of nitrogens with one attached hydrogen (secondary N) is 4. The summed E-state index contributed by atoms with van der Waals surface area (Å²) in [6.45, 7) is 1.69. The van der Waals surface area contributed by atoms with E-state index in [0.29, 0.717) is 24.7 Å². The topological polar surface area (TPSA) is 137 Å². The lowest BCUT2D eigenvalue weighted by atomic mass is 10.0. The van der Waals surface area contributed by atoms with Crippen molar-refractivity contribution in [1.82, 2.24) is 9.97 Å². The second-order valence-electron chi connectivity index (χ2n) is 8.00. The fourth-order valence-corrected chi connectivity index (χ4v) is 4.54. The van der Waals surface area contributed by atoms with E-state index in [1.807, 2.05) is 0 Å². The number of carbonyl (C=O) groups is 1. The normalized spacial score (nSPS) is 16.3. The van der Waals surface area contributed by atoms with Crippen LogP contribution in [0.3, 0.4) is 0 Å². The summed E-state index contributed by atoms with van der Waals surface area (Å²) in [6, 6.07) is 4.89. The molecule has 9 nitrogen and oxygen atoms in total. The van der Waals surface area contributed by atoms with Crippen LogP contribution in [-0.2, 0) is 27.2 Å². The lowest BCUT2D eigenvalue weighted by Crippen LogP contribution is -2.24. The summed E-state index contributed by atoms with van der Waals surface area (Å²) in [5.41, 5.74) is 1.18. The Kier molecular flexibility index (Phi) is 7.44. The molecule has 0 aliphatic carbocycles. The molecule has 1 aromatic carbocycles. The Morgan fingerprint density at radius 2 is 2.12 bits per heavy atom. The summed E-state index contributed by atoms with van der Waals surface area (Å²) >= 11 is 0. The average Bonchev–Trinajstić information content (AvgIpc) is 3.17. The Morgan fingerprint density at radius 1 is 1.38 bits per heavy atom. The highest BCUT2D eigenvalue weighted by atomic mass is 32.2. The van der Waals surface area contributed by atoms with E-state index in [4.69, 9.17) is 5.41 Å². The van der Waals surface area contributed by atoms with Gasteiger partial charge in [0, 0.05) is 42.7 Å². The number of anilines is 4. The molecule has 0 amide bonds. The molecule has 1 aromatic heterocycles. The quantitative estimate of drug-likeness (QED) is 0.234. The van der Waals surface area contributed by atoms with Crippen molar-refractivity contribution in [2.75, 3.05) is 28.8 Å². The van der Waals surface area contributed by atoms with Crippen molar-refractivity contribution in [1.29, 1.82) is 5.41 Å². The number of aldehydes is 1. The van der Waals surface area contributed by atoms with Crippen molar-refractivity contribution in [3.8, 4) is 0 Å². The van der Waals surface area contributed by atoms with Gasteiger partial charge < -0.3 is 20.7 Å². The standard InChI is InChI=1S/C21H25F3N6O3S/c1-3-12(18(25)34(2,32)33)6-7-26-19-16(21(22,23)24)10-27-20(30-19)29-14-4-5-17-13(8-14)9-15(11-31)28-17/h4-5,8,10-12,15,25,28H,3,6-7,9H2,1-2H3,(H2,26,27,29,30)/t12-,15?/m1/s1. The number of alkyl halides is 3. The zero-order valence-electron chi connectivity index (χ0n) is 18.5. The molecule has 34 heavy (non-hydrogen) atoms. The van der Waals surface area contributed by atoms with Crippen LogP contribution in [0.25, 0.3) is 0 Å². The molecule has 0 saturated heterocycles. The van der Waals surface area contributed by atoms with E-state index in [2.05, 4.69) is 25.9 Å². The van der Waals surface area contributed by atoms with E-state index >= 15 is 0 Å². The maximum Gasteiger partial charge on any atom is 0.421 e. The van der Waals surface area contributed by atoms with Crippen LogP contribution >= 0.6 is 0 Å². The highest BCUT2D eigenvalue weighted by Gasteiger charge is 2.35. The summed E-state index contributed by atoms with van der Waals surface area (Å²) in [4.78, 5) is 18.8. The molecule has 0 fully saturated rings. The highest BCUT2D eigenvalue weighted by Crippen LogP contribution is 2.35. The van der Waals surface area contributed by atoms with Crippen LogP contribution in [0.1, 0.15) is 30.9 Å². The summed E-state index contributed by atoms with van der Waals surface area (Å²) in [5, 5.41) is 15.9. The number of benzene rings is 1. The van der Waals surface area contributed by atoms with E-state index in [9.17, 15) is 26.4 Å². The third-order valence-corrected chi connectivity index (χ3v) is 6.58. The Labute approximate surface area is 195 Å². The first-order valence-corrected chi connectivity index (χ1v) is 12.4. The molecule has 4 N–H and O–H groups in total. The van der Waals surface area contributed by atoms with Gasteiger partial charge in [-0.1, -0.05) is 6.92 Å². The first-order valence-electron chi connectivity index (χ1n) is 10.5. The fraction of sp³-hybridized carbons (Fsp3) is 0.429. The van der Waals surface area contributed by atoms with Gasteiger partial charge in [-0.25, -0.2) is 13.4 Å². The number of nitrogens with zero attached hydrogens (tertiary/aromatic N) is 2. The molecule has 2 aromatic rings. The molecule has 1 aliphatic heterocycles. The van der Waals surface area contributed by atoms with Crippen LogP contribution in [0.2, 0.25) is 0 Å². The van der Waals surface area contributed by atoms with Gasteiger partial charge in [0.05, 0.1) is 6.04 Å². The molecule has 184 valence electrons. The number of aromatic nitrogens is 2. The second kappa shape index (κ2) is 9.95. The number of sulfone groups is 1. The van der Waals surface area contributed by atoms with Gasteiger partial charge in [-0.05, 0) is 36.6 Å². The van der Waals surface area contributed by atoms with Gasteiger partial charge in [-0.3, -0.25) is 5.41 Å². The monoisotopic (exact) mass is 498 g/mol. The third-order valence-electron chi connectivity index (χ3n) is 5.45. The largest absolute Gasteiger partial charge is 0.421 e. The zero-order valence-corrected chi connectivity index (χ0v) is 19.3. The summed E-state index contributed by atoms with van der Waals surface area (Å²) in [6.07, 6.45) is -1.29. The van der Waals surface area contributed by atoms with Gasteiger partial charge >= 0.3 is 6.18 Å². The van der Waals surface area contributed by atoms with Gasteiger partial charge in [0.25, 0.3) is 0 Å². The Morgan fingerprint density at radius 3 is 2.74 bits per heavy atom. The lowest BCUT2D eigenvalue weighted by Gasteiger charge is -2.18. The van der Waals surface area contributed by atoms with E-state index in [1.54, 1.807) is 25.1 Å². The molecule has 2 atom stereocenters. The predicted molar refractivity (Wildman–Crippen MR) is 123 cm³/mol. The lowest BCUT2D eigenvalue weighted by molar-refractivity contribution is -0.137. The molecule has 1 aliphatic rings. The predicted octanol–water partition coefficient (Wildman–Crippen LogP) is 3.62. The molecular formula is C21H25F3N6O3S. The summed E-state index contributed by atoms with van der Waals surface area (Å²) in [5.74, 6) is -1.13. The SMILES string of the molecule is CC[C@H](CCNc1nc(Nc2ccc3c(c2)CC(C=O)N3)ncc1C(F)(F)F)C(=N)S(C)(=O)=O. The number of halogens is 3. The van der Waals surface area contributed by atoms with E-state index < -0.39 is 38.4 Å². The first kappa shape index (κ1) is 25.4. The van der Waals surface area contributed by atoms with Crippen LogP contribution in [-0.4, -0.2) is 48.6 Å². The minimum absolute atomic E-state index is 0.0203. The van der Waals surface area contributed by atoms with Crippen molar-refractivity contribution in [2.45, 2.75) is 38.4 Å². The molecule has 13 heteroatoms. The van der Waals surface area contributed by atoms with E-state index in [-0.39, 0.29) is 25.0 Å². The first-order chi connectivity index (χ1) is 15.9. The Balaban J connectivity index is 1.77. The Bertz CT molecular complexity index is 1190.